The maximum atomic E-state index is 12.5. The first-order chi connectivity index (χ1) is 17.2. The van der Waals surface area contributed by atoms with Crippen molar-refractivity contribution in [2.75, 3.05) is 5.32 Å². The van der Waals surface area contributed by atoms with Gasteiger partial charge in [0.15, 0.2) is 5.69 Å². The third kappa shape index (κ3) is 5.58. The smallest absolute Gasteiger partial charge is 0.475 e. The fourth-order valence-corrected chi connectivity index (χ4v) is 3.28. The van der Waals surface area contributed by atoms with Crippen LogP contribution in [0.5, 0.6) is 0 Å². The number of hydrogen-bond acceptors (Lipinski definition) is 4. The van der Waals surface area contributed by atoms with Crippen molar-refractivity contribution in [3.8, 4) is 16.9 Å². The number of rotatable bonds is 4. The Bertz CT molecular complexity index is 1500. The maximum absolute atomic E-state index is 12.5. The van der Waals surface area contributed by atoms with E-state index in [0.717, 1.165) is 22.5 Å². The lowest BCUT2D eigenvalue weighted by Crippen LogP contribution is -2.21. The lowest BCUT2D eigenvalue weighted by Gasteiger charge is -2.07. The molecule has 0 unspecified atom stereocenters. The highest BCUT2D eigenvalue weighted by Gasteiger charge is 2.38. The molecule has 2 N–H and O–H groups in total. The summed E-state index contributed by atoms with van der Waals surface area (Å²) in [7, 11) is 0. The number of alkyl halides is 3. The molecular formula is C25H18F3N5O3. The monoisotopic (exact) mass is 493 g/mol. The number of fused-ring (bicyclic) bond motifs is 1. The van der Waals surface area contributed by atoms with Crippen molar-refractivity contribution in [3.05, 3.63) is 103 Å². The lowest BCUT2D eigenvalue weighted by atomic mass is 10.1. The van der Waals surface area contributed by atoms with Crippen LogP contribution in [0.3, 0.4) is 0 Å². The van der Waals surface area contributed by atoms with Crippen molar-refractivity contribution in [2.45, 2.75) is 6.18 Å². The minimum Gasteiger partial charge on any atom is -0.475 e. The Morgan fingerprint density at radius 1 is 0.889 bits per heavy atom. The summed E-state index contributed by atoms with van der Waals surface area (Å²) in [5, 5.41) is 14.4. The molecule has 0 radical (unpaired) electrons. The van der Waals surface area contributed by atoms with Crippen LogP contribution in [0.25, 0.3) is 22.5 Å². The third-order valence-corrected chi connectivity index (χ3v) is 4.96. The number of pyridine rings is 2. The van der Waals surface area contributed by atoms with E-state index in [4.69, 9.17) is 9.90 Å². The van der Waals surface area contributed by atoms with Crippen LogP contribution in [0.15, 0.2) is 97.6 Å². The van der Waals surface area contributed by atoms with Gasteiger partial charge in [-0.1, -0.05) is 36.4 Å². The van der Waals surface area contributed by atoms with E-state index in [-0.39, 0.29) is 5.91 Å². The largest absolute Gasteiger partial charge is 0.490 e. The minimum absolute atomic E-state index is 0.275. The van der Waals surface area contributed by atoms with Crippen LogP contribution in [-0.2, 0) is 4.79 Å². The van der Waals surface area contributed by atoms with Gasteiger partial charge in [-0.25, -0.2) is 9.48 Å². The number of aliphatic carboxylic acids is 1. The van der Waals surface area contributed by atoms with E-state index < -0.39 is 12.1 Å². The number of carbonyl (C=O) groups excluding carboxylic acids is 1. The Labute approximate surface area is 202 Å². The first kappa shape index (κ1) is 24.2. The first-order valence-corrected chi connectivity index (χ1v) is 10.5. The van der Waals surface area contributed by atoms with Gasteiger partial charge >= 0.3 is 12.1 Å². The van der Waals surface area contributed by atoms with E-state index >= 15 is 0 Å². The predicted molar refractivity (Wildman–Crippen MR) is 126 cm³/mol. The Morgan fingerprint density at radius 2 is 1.61 bits per heavy atom. The molecule has 0 bridgehead atoms. The van der Waals surface area contributed by atoms with Crippen molar-refractivity contribution >= 4 is 23.1 Å². The van der Waals surface area contributed by atoms with Gasteiger partial charge in [-0.3, -0.25) is 9.78 Å². The van der Waals surface area contributed by atoms with Crippen molar-refractivity contribution in [2.24, 2.45) is 0 Å². The van der Waals surface area contributed by atoms with Gasteiger partial charge in [0.1, 0.15) is 5.82 Å². The molecule has 0 atom stereocenters. The molecule has 182 valence electrons. The summed E-state index contributed by atoms with van der Waals surface area (Å²) in [6.07, 6.45) is 2.04. The second kappa shape index (κ2) is 10.1. The van der Waals surface area contributed by atoms with E-state index in [0.29, 0.717) is 11.4 Å². The van der Waals surface area contributed by atoms with E-state index in [1.54, 1.807) is 41.5 Å². The number of aromatic nitrogens is 4. The van der Waals surface area contributed by atoms with E-state index in [9.17, 15) is 18.0 Å². The minimum atomic E-state index is -5.08. The fraction of sp³-hybridized carbons (Fsp3) is 0.0400. The van der Waals surface area contributed by atoms with Crippen molar-refractivity contribution in [1.29, 1.82) is 0 Å². The fourth-order valence-electron chi connectivity index (χ4n) is 3.28. The van der Waals surface area contributed by atoms with Gasteiger partial charge < -0.3 is 14.8 Å². The number of amides is 1. The zero-order chi connectivity index (χ0) is 25.7. The molecule has 0 aliphatic heterocycles. The van der Waals surface area contributed by atoms with Gasteiger partial charge in [0.2, 0.25) is 0 Å². The average Bonchev–Trinajstić information content (AvgIpc) is 3.52. The zero-order valence-corrected chi connectivity index (χ0v) is 18.4. The molecule has 1 aromatic carbocycles. The molecule has 5 rings (SSSR count). The molecule has 0 saturated carbocycles. The number of carbonyl (C=O) groups is 2. The second-order valence-electron chi connectivity index (χ2n) is 7.41. The van der Waals surface area contributed by atoms with Gasteiger partial charge in [-0.05, 0) is 47.5 Å². The summed E-state index contributed by atoms with van der Waals surface area (Å²) in [4.78, 5) is 25.4. The highest BCUT2D eigenvalue weighted by atomic mass is 19.4. The van der Waals surface area contributed by atoms with E-state index in [2.05, 4.69) is 50.3 Å². The molecule has 8 nitrogen and oxygen atoms in total. The number of carboxylic acid groups (broad SMARTS) is 1. The third-order valence-electron chi connectivity index (χ3n) is 4.96. The standard InChI is InChI=1S/C23H17N5O.C2HF3O2/c29-23(25-19-7-4-13-24-15-19)21-12-14-28(26-21)22-11-10-20-9-8-18(16-27(20)22)17-5-2-1-3-6-17;3-2(4,5)1(6)7/h1-16H,(H,25,29);(H,6,7). The lowest BCUT2D eigenvalue weighted by molar-refractivity contribution is -0.192. The van der Waals surface area contributed by atoms with Crippen LogP contribution in [0.2, 0.25) is 0 Å². The molecule has 36 heavy (non-hydrogen) atoms. The van der Waals surface area contributed by atoms with Crippen LogP contribution in [0.4, 0.5) is 18.9 Å². The molecule has 5 aromatic rings. The van der Waals surface area contributed by atoms with Gasteiger partial charge in [-0.15, -0.1) is 0 Å². The van der Waals surface area contributed by atoms with Crippen LogP contribution in [-0.4, -0.2) is 42.3 Å². The number of nitrogens with zero attached hydrogens (tertiary/aromatic N) is 4. The normalized spacial score (nSPS) is 11.0. The SMILES string of the molecule is O=C(Nc1cccnc1)c1ccn(-c2ccc3ccc(-c4ccccc4)cn23)n1.O=C(O)C(F)(F)F. The van der Waals surface area contributed by atoms with E-state index in [1.165, 1.54) is 0 Å². The summed E-state index contributed by atoms with van der Waals surface area (Å²) in [6, 6.07) is 23.7. The molecule has 0 aliphatic rings. The van der Waals surface area contributed by atoms with Crippen molar-refractivity contribution in [3.63, 3.8) is 0 Å². The zero-order valence-electron chi connectivity index (χ0n) is 18.4. The predicted octanol–water partition coefficient (Wildman–Crippen LogP) is 5.07. The highest BCUT2D eigenvalue weighted by Crippen LogP contribution is 2.23. The van der Waals surface area contributed by atoms with Crippen LogP contribution < -0.4 is 5.32 Å². The Morgan fingerprint density at radius 3 is 2.28 bits per heavy atom. The molecule has 11 heteroatoms. The number of nitrogens with one attached hydrogen (secondary N) is 1. The Balaban J connectivity index is 0.000000384. The molecule has 0 fully saturated rings. The number of carboxylic acids is 1. The molecular weight excluding hydrogens is 475 g/mol. The quantitative estimate of drug-likeness (QED) is 0.364. The Kier molecular flexibility index (Phi) is 6.81. The van der Waals surface area contributed by atoms with Gasteiger partial charge in [0, 0.05) is 24.1 Å². The molecule has 4 aromatic heterocycles. The summed E-state index contributed by atoms with van der Waals surface area (Å²) >= 11 is 0. The van der Waals surface area contributed by atoms with Crippen LogP contribution in [0.1, 0.15) is 10.5 Å². The molecule has 1 amide bonds. The van der Waals surface area contributed by atoms with Gasteiger partial charge in [-0.2, -0.15) is 18.3 Å². The summed E-state index contributed by atoms with van der Waals surface area (Å²) in [5.41, 5.74) is 4.27. The molecule has 4 heterocycles. The van der Waals surface area contributed by atoms with Crippen LogP contribution >= 0.6 is 0 Å². The second-order valence-corrected chi connectivity index (χ2v) is 7.41. The van der Waals surface area contributed by atoms with Gasteiger partial charge in [0.25, 0.3) is 5.91 Å². The molecule has 0 spiro atoms. The first-order valence-electron chi connectivity index (χ1n) is 10.5. The molecule has 0 saturated heterocycles. The number of benzene rings is 1. The topological polar surface area (TPSA) is 102 Å². The summed E-state index contributed by atoms with van der Waals surface area (Å²) in [6.45, 7) is 0. The Hall–Kier alpha value is -4.93. The maximum Gasteiger partial charge on any atom is 0.490 e. The number of hydrogen-bond donors (Lipinski definition) is 2. The van der Waals surface area contributed by atoms with Crippen molar-refractivity contribution < 1.29 is 27.9 Å². The highest BCUT2D eigenvalue weighted by molar-refractivity contribution is 6.02. The number of anilines is 1. The molecule has 0 aliphatic carbocycles. The number of halogens is 3. The van der Waals surface area contributed by atoms with Crippen LogP contribution in [0, 0.1) is 0 Å². The summed E-state index contributed by atoms with van der Waals surface area (Å²) < 4.78 is 35.5. The van der Waals surface area contributed by atoms with Crippen molar-refractivity contribution in [1.82, 2.24) is 19.2 Å². The van der Waals surface area contributed by atoms with E-state index in [1.807, 2.05) is 30.3 Å². The summed E-state index contributed by atoms with van der Waals surface area (Å²) in [5.74, 6) is -2.17. The van der Waals surface area contributed by atoms with Gasteiger partial charge in [0.05, 0.1) is 11.9 Å². The average molecular weight is 493 g/mol.